The smallest absolute Gasteiger partial charge is 0.126 e. The molecule has 106 valence electrons. The molecule has 4 heteroatoms. The van der Waals surface area contributed by atoms with Crippen LogP contribution < -0.4 is 0 Å². The highest BCUT2D eigenvalue weighted by atomic mass is 79.9. The number of hydrogen-bond acceptors (Lipinski definition) is 0. The molecular formula is C15H18Br2ClF. The van der Waals surface area contributed by atoms with Gasteiger partial charge in [-0.3, -0.25) is 0 Å². The summed E-state index contributed by atoms with van der Waals surface area (Å²) in [4.78, 5) is 0. The van der Waals surface area contributed by atoms with Crippen molar-refractivity contribution in [1.29, 1.82) is 0 Å². The molecule has 0 spiro atoms. The Labute approximate surface area is 136 Å². The quantitative estimate of drug-likeness (QED) is 0.521. The van der Waals surface area contributed by atoms with E-state index in [1.54, 1.807) is 12.1 Å². The number of rotatable bonds is 5. The van der Waals surface area contributed by atoms with Crippen molar-refractivity contribution in [3.8, 4) is 0 Å². The van der Waals surface area contributed by atoms with Crippen molar-refractivity contribution in [3.63, 3.8) is 0 Å². The molecule has 0 bridgehead atoms. The maximum Gasteiger partial charge on any atom is 0.126 e. The van der Waals surface area contributed by atoms with E-state index in [1.807, 2.05) is 0 Å². The lowest BCUT2D eigenvalue weighted by Crippen LogP contribution is -2.35. The summed E-state index contributed by atoms with van der Waals surface area (Å²) in [5, 5.41) is 2.39. The van der Waals surface area contributed by atoms with E-state index in [-0.39, 0.29) is 11.2 Å². The molecule has 1 aromatic carbocycles. The highest BCUT2D eigenvalue weighted by molar-refractivity contribution is 9.09. The summed E-state index contributed by atoms with van der Waals surface area (Å²) in [5.74, 6) is 0.512. The Morgan fingerprint density at radius 3 is 2.42 bits per heavy atom. The van der Waals surface area contributed by atoms with Crippen molar-refractivity contribution in [2.75, 3.05) is 10.7 Å². The van der Waals surface area contributed by atoms with E-state index in [1.165, 1.54) is 31.7 Å². The van der Waals surface area contributed by atoms with Gasteiger partial charge in [0.05, 0.1) is 0 Å². The summed E-state index contributed by atoms with van der Waals surface area (Å²) in [6.45, 7) is 0. The second-order valence-electron chi connectivity index (χ2n) is 5.52. The summed E-state index contributed by atoms with van der Waals surface area (Å²) >= 11 is 13.3. The number of hydrogen-bond donors (Lipinski definition) is 0. The highest BCUT2D eigenvalue weighted by Crippen LogP contribution is 2.45. The van der Waals surface area contributed by atoms with Crippen molar-refractivity contribution < 1.29 is 4.39 Å². The molecule has 1 aliphatic carbocycles. The Morgan fingerprint density at radius 2 is 1.84 bits per heavy atom. The van der Waals surface area contributed by atoms with Gasteiger partial charge in [-0.05, 0) is 54.4 Å². The van der Waals surface area contributed by atoms with Gasteiger partial charge in [0.2, 0.25) is 0 Å². The predicted molar refractivity (Wildman–Crippen MR) is 87.1 cm³/mol. The van der Waals surface area contributed by atoms with Crippen LogP contribution in [0.15, 0.2) is 18.2 Å². The van der Waals surface area contributed by atoms with Crippen LogP contribution in [0.1, 0.15) is 31.2 Å². The van der Waals surface area contributed by atoms with Crippen LogP contribution in [0.4, 0.5) is 4.39 Å². The van der Waals surface area contributed by atoms with E-state index in [0.29, 0.717) is 10.9 Å². The molecule has 1 aliphatic rings. The third-order valence-electron chi connectivity index (χ3n) is 4.30. The molecule has 1 aromatic rings. The summed E-state index contributed by atoms with van der Waals surface area (Å²) in [7, 11) is 0. The highest BCUT2D eigenvalue weighted by Gasteiger charge is 2.39. The molecule has 0 atom stereocenters. The number of alkyl halides is 2. The van der Waals surface area contributed by atoms with Crippen molar-refractivity contribution in [2.24, 2.45) is 11.3 Å². The van der Waals surface area contributed by atoms with E-state index >= 15 is 0 Å². The van der Waals surface area contributed by atoms with E-state index in [4.69, 9.17) is 11.6 Å². The van der Waals surface area contributed by atoms with Crippen LogP contribution in [0.2, 0.25) is 5.02 Å². The lowest BCUT2D eigenvalue weighted by molar-refractivity contribution is 0.230. The normalized spacial score (nSPS) is 17.1. The molecule has 0 aliphatic heterocycles. The van der Waals surface area contributed by atoms with E-state index in [2.05, 4.69) is 31.9 Å². The Morgan fingerprint density at radius 1 is 1.21 bits per heavy atom. The molecule has 19 heavy (non-hydrogen) atoms. The van der Waals surface area contributed by atoms with Crippen molar-refractivity contribution in [3.05, 3.63) is 34.6 Å². The first kappa shape index (κ1) is 15.8. The number of halogens is 4. The molecular weight excluding hydrogens is 394 g/mol. The Kier molecular flexibility index (Phi) is 5.74. The molecule has 0 radical (unpaired) electrons. The van der Waals surface area contributed by atoms with E-state index in [9.17, 15) is 4.39 Å². The fraction of sp³-hybridized carbons (Fsp3) is 0.600. The average Bonchev–Trinajstić information content (AvgIpc) is 2.94. The van der Waals surface area contributed by atoms with Gasteiger partial charge in [0.25, 0.3) is 0 Å². The summed E-state index contributed by atoms with van der Waals surface area (Å²) in [6.07, 6.45) is 5.83. The molecule has 0 aromatic heterocycles. The SMILES string of the molecule is Fc1ccc(Cl)cc1CC(CBr)(CBr)C1CCCC1. The first-order chi connectivity index (χ1) is 9.11. The van der Waals surface area contributed by atoms with Gasteiger partial charge in [0.15, 0.2) is 0 Å². The zero-order valence-electron chi connectivity index (χ0n) is 10.8. The van der Waals surface area contributed by atoms with E-state index in [0.717, 1.165) is 22.6 Å². The lowest BCUT2D eigenvalue weighted by Gasteiger charge is -2.36. The average molecular weight is 413 g/mol. The molecule has 0 nitrogen and oxygen atoms in total. The van der Waals surface area contributed by atoms with Crippen LogP contribution in [0.3, 0.4) is 0 Å². The van der Waals surface area contributed by atoms with Crippen molar-refractivity contribution in [2.45, 2.75) is 32.1 Å². The minimum absolute atomic E-state index is 0.0853. The van der Waals surface area contributed by atoms with Crippen LogP contribution in [-0.2, 0) is 6.42 Å². The fourth-order valence-corrected chi connectivity index (χ4v) is 5.52. The van der Waals surface area contributed by atoms with Crippen LogP contribution >= 0.6 is 43.5 Å². The zero-order chi connectivity index (χ0) is 13.9. The third-order valence-corrected chi connectivity index (χ3v) is 6.77. The Balaban J connectivity index is 2.27. The van der Waals surface area contributed by atoms with Gasteiger partial charge in [-0.25, -0.2) is 4.39 Å². The first-order valence-electron chi connectivity index (χ1n) is 6.67. The Bertz CT molecular complexity index is 426. The third kappa shape index (κ3) is 3.54. The van der Waals surface area contributed by atoms with Crippen LogP contribution in [0.5, 0.6) is 0 Å². The molecule has 1 fully saturated rings. The molecule has 1 saturated carbocycles. The predicted octanol–water partition coefficient (Wildman–Crippen LogP) is 5.99. The minimum atomic E-state index is -0.145. The van der Waals surface area contributed by atoms with Crippen LogP contribution in [0, 0.1) is 17.2 Å². The number of benzene rings is 1. The first-order valence-corrected chi connectivity index (χ1v) is 9.29. The largest absolute Gasteiger partial charge is 0.207 e. The molecule has 0 heterocycles. The van der Waals surface area contributed by atoms with Crippen LogP contribution in [-0.4, -0.2) is 10.7 Å². The molecule has 2 rings (SSSR count). The van der Waals surface area contributed by atoms with Gasteiger partial charge in [0.1, 0.15) is 5.82 Å². The van der Waals surface area contributed by atoms with Gasteiger partial charge in [0, 0.05) is 15.7 Å². The summed E-state index contributed by atoms with van der Waals surface area (Å²) < 4.78 is 14.0. The summed E-state index contributed by atoms with van der Waals surface area (Å²) in [6, 6.07) is 4.85. The molecule has 0 unspecified atom stereocenters. The topological polar surface area (TPSA) is 0 Å². The second kappa shape index (κ2) is 6.91. The van der Waals surface area contributed by atoms with Gasteiger partial charge < -0.3 is 0 Å². The Hall–Kier alpha value is 0.400. The van der Waals surface area contributed by atoms with Gasteiger partial charge in [-0.15, -0.1) is 0 Å². The monoisotopic (exact) mass is 410 g/mol. The standard InChI is InChI=1S/C15H18Br2ClF/c16-9-15(10-17,12-3-1-2-4-12)8-11-7-13(18)5-6-14(11)19/h5-7,12H,1-4,8-10H2. The molecule has 0 N–H and O–H groups in total. The van der Waals surface area contributed by atoms with Gasteiger partial charge >= 0.3 is 0 Å². The lowest BCUT2D eigenvalue weighted by atomic mass is 9.73. The van der Waals surface area contributed by atoms with Gasteiger partial charge in [-0.2, -0.15) is 0 Å². The maximum absolute atomic E-state index is 14.0. The zero-order valence-corrected chi connectivity index (χ0v) is 14.7. The van der Waals surface area contributed by atoms with Gasteiger partial charge in [-0.1, -0.05) is 56.3 Å². The van der Waals surface area contributed by atoms with Crippen LogP contribution in [0.25, 0.3) is 0 Å². The molecule has 0 saturated heterocycles. The fourth-order valence-electron chi connectivity index (χ4n) is 3.09. The van der Waals surface area contributed by atoms with Crippen molar-refractivity contribution in [1.82, 2.24) is 0 Å². The second-order valence-corrected chi connectivity index (χ2v) is 7.08. The van der Waals surface area contributed by atoms with Crippen molar-refractivity contribution >= 4 is 43.5 Å². The van der Waals surface area contributed by atoms with E-state index < -0.39 is 0 Å². The summed E-state index contributed by atoms with van der Waals surface area (Å²) in [5.41, 5.74) is 0.820. The minimum Gasteiger partial charge on any atom is -0.207 e. The molecule has 0 amide bonds. The maximum atomic E-state index is 14.0.